The maximum absolute atomic E-state index is 13.1. The number of halogens is 1. The first-order valence-electron chi connectivity index (χ1n) is 9.79. The van der Waals surface area contributed by atoms with Crippen LogP contribution in [-0.2, 0) is 19.6 Å². The second kappa shape index (κ2) is 8.93. The number of hydrogen-bond donors (Lipinski definition) is 1. The summed E-state index contributed by atoms with van der Waals surface area (Å²) in [4.78, 5) is 27.6. The molecule has 158 valence electrons. The number of sulfonamides is 1. The van der Waals surface area contributed by atoms with E-state index < -0.39 is 15.3 Å². The Balaban J connectivity index is 1.63. The van der Waals surface area contributed by atoms with Gasteiger partial charge in [-0.25, -0.2) is 12.7 Å². The van der Waals surface area contributed by atoms with Crippen molar-refractivity contribution in [3.05, 3.63) is 11.0 Å². The first kappa shape index (κ1) is 21.9. The molecule has 2 unspecified atom stereocenters. The number of carbonyl (C=O) groups excluding carboxylic acids is 2. The average Bonchev–Trinajstić information content (AvgIpc) is 3.07. The van der Waals surface area contributed by atoms with E-state index in [0.29, 0.717) is 30.2 Å². The summed E-state index contributed by atoms with van der Waals surface area (Å²) in [5.41, 5.74) is 0. The molecule has 0 aliphatic carbocycles. The van der Waals surface area contributed by atoms with E-state index in [1.54, 1.807) is 6.08 Å². The van der Waals surface area contributed by atoms with Crippen molar-refractivity contribution < 1.29 is 18.0 Å². The predicted molar refractivity (Wildman–Crippen MR) is 111 cm³/mol. The van der Waals surface area contributed by atoms with Crippen molar-refractivity contribution in [2.45, 2.75) is 68.0 Å². The Morgan fingerprint density at radius 1 is 1.32 bits per heavy atom. The highest BCUT2D eigenvalue weighted by Gasteiger charge is 2.44. The molecule has 10 heteroatoms. The maximum atomic E-state index is 13.1. The Bertz CT molecular complexity index is 748. The van der Waals surface area contributed by atoms with Gasteiger partial charge in [-0.2, -0.15) is 0 Å². The molecule has 7 nitrogen and oxygen atoms in total. The molecular formula is C18H28ClN3O4S2. The minimum atomic E-state index is -3.78. The number of alkyl halides is 1. The topological polar surface area (TPSA) is 86.8 Å². The first-order valence-corrected chi connectivity index (χ1v) is 12.6. The van der Waals surface area contributed by atoms with Gasteiger partial charge < -0.3 is 10.2 Å². The second-order valence-corrected chi connectivity index (χ2v) is 11.9. The Kier molecular flexibility index (Phi) is 7.00. The van der Waals surface area contributed by atoms with E-state index in [0.717, 1.165) is 17.4 Å². The lowest BCUT2D eigenvalue weighted by molar-refractivity contribution is -0.129. The van der Waals surface area contributed by atoms with Gasteiger partial charge in [0.25, 0.3) is 5.91 Å². The zero-order chi connectivity index (χ0) is 20.5. The monoisotopic (exact) mass is 449 g/mol. The van der Waals surface area contributed by atoms with Gasteiger partial charge in [-0.05, 0) is 39.5 Å². The van der Waals surface area contributed by atoms with Gasteiger partial charge in [-0.15, -0.1) is 23.4 Å². The van der Waals surface area contributed by atoms with E-state index >= 15 is 0 Å². The van der Waals surface area contributed by atoms with Crippen LogP contribution in [0.5, 0.6) is 0 Å². The van der Waals surface area contributed by atoms with Crippen LogP contribution in [0, 0.1) is 0 Å². The summed E-state index contributed by atoms with van der Waals surface area (Å²) < 4.78 is 27.2. The van der Waals surface area contributed by atoms with Gasteiger partial charge in [-0.1, -0.05) is 6.08 Å². The third kappa shape index (κ3) is 4.68. The highest BCUT2D eigenvalue weighted by Crippen LogP contribution is 2.35. The molecule has 2 fully saturated rings. The molecule has 0 bridgehead atoms. The molecule has 3 heterocycles. The number of piperidine rings is 1. The van der Waals surface area contributed by atoms with E-state index in [1.807, 2.05) is 0 Å². The Labute approximate surface area is 176 Å². The number of carbonyl (C=O) groups is 2. The third-order valence-corrected chi connectivity index (χ3v) is 9.43. The molecule has 0 spiro atoms. The van der Waals surface area contributed by atoms with E-state index in [1.165, 1.54) is 11.8 Å². The lowest BCUT2D eigenvalue weighted by atomic mass is 10.0. The van der Waals surface area contributed by atoms with Crippen molar-refractivity contribution in [2.24, 2.45) is 0 Å². The van der Waals surface area contributed by atoms with Crippen molar-refractivity contribution in [1.29, 1.82) is 0 Å². The Morgan fingerprint density at radius 2 is 2.00 bits per heavy atom. The SMILES string of the molecule is CC(C)N1CCC(N2C(=O)CCC(CNC(=O)C3=CCC(Cl)S3)S2(=O)=O)CC1. The third-order valence-electron chi connectivity index (χ3n) is 5.64. The number of amides is 2. The summed E-state index contributed by atoms with van der Waals surface area (Å²) in [6, 6.07) is 0.129. The molecule has 1 N–H and O–H groups in total. The number of hydrogen-bond acceptors (Lipinski definition) is 6. The number of rotatable bonds is 5. The van der Waals surface area contributed by atoms with Gasteiger partial charge in [0.15, 0.2) is 0 Å². The molecule has 28 heavy (non-hydrogen) atoms. The van der Waals surface area contributed by atoms with Crippen molar-refractivity contribution in [3.8, 4) is 0 Å². The summed E-state index contributed by atoms with van der Waals surface area (Å²) in [7, 11) is -3.78. The largest absolute Gasteiger partial charge is 0.350 e. The first-order chi connectivity index (χ1) is 13.2. The molecule has 3 rings (SSSR count). The molecule has 2 atom stereocenters. The van der Waals surface area contributed by atoms with E-state index in [4.69, 9.17) is 11.6 Å². The predicted octanol–water partition coefficient (Wildman–Crippen LogP) is 1.88. The van der Waals surface area contributed by atoms with Crippen LogP contribution in [0.3, 0.4) is 0 Å². The van der Waals surface area contributed by atoms with Crippen LogP contribution in [0.15, 0.2) is 11.0 Å². The zero-order valence-corrected chi connectivity index (χ0v) is 18.7. The number of nitrogens with zero attached hydrogens (tertiary/aromatic N) is 2. The van der Waals surface area contributed by atoms with Crippen LogP contribution < -0.4 is 5.32 Å². The molecule has 2 amide bonds. The van der Waals surface area contributed by atoms with Gasteiger partial charge in [0.2, 0.25) is 15.9 Å². The van der Waals surface area contributed by atoms with Crippen LogP contribution in [0.1, 0.15) is 46.0 Å². The quantitative estimate of drug-likeness (QED) is 0.645. The number of allylic oxidation sites excluding steroid dienone is 1. The van der Waals surface area contributed by atoms with Crippen LogP contribution in [0.2, 0.25) is 0 Å². The van der Waals surface area contributed by atoms with Crippen molar-refractivity contribution in [2.75, 3.05) is 19.6 Å². The fourth-order valence-corrected chi connectivity index (χ4v) is 7.22. The lowest BCUT2D eigenvalue weighted by Gasteiger charge is -2.42. The normalized spacial score (nSPS) is 29.2. The fraction of sp³-hybridized carbons (Fsp3) is 0.778. The van der Waals surface area contributed by atoms with Crippen molar-refractivity contribution >= 4 is 45.2 Å². The minimum Gasteiger partial charge on any atom is -0.350 e. The lowest BCUT2D eigenvalue weighted by Crippen LogP contribution is -2.57. The fourth-order valence-electron chi connectivity index (χ4n) is 3.98. The molecule has 0 aromatic carbocycles. The van der Waals surface area contributed by atoms with Gasteiger partial charge in [0.1, 0.15) is 0 Å². The molecule has 2 saturated heterocycles. The summed E-state index contributed by atoms with van der Waals surface area (Å²) >= 11 is 7.27. The van der Waals surface area contributed by atoms with Gasteiger partial charge in [0, 0.05) is 32.1 Å². The molecule has 0 saturated carbocycles. The van der Waals surface area contributed by atoms with E-state index in [9.17, 15) is 18.0 Å². The molecule has 3 aliphatic heterocycles. The molecule has 0 radical (unpaired) electrons. The minimum absolute atomic E-state index is 0.0145. The second-order valence-electron chi connectivity index (χ2n) is 7.80. The van der Waals surface area contributed by atoms with Gasteiger partial charge in [0.05, 0.1) is 20.9 Å². The van der Waals surface area contributed by atoms with Gasteiger partial charge >= 0.3 is 0 Å². The van der Waals surface area contributed by atoms with Gasteiger partial charge in [-0.3, -0.25) is 9.59 Å². The Hall–Kier alpha value is -0.770. The van der Waals surface area contributed by atoms with E-state index in [2.05, 4.69) is 24.1 Å². The molecule has 3 aliphatic rings. The highest BCUT2D eigenvalue weighted by atomic mass is 35.5. The van der Waals surface area contributed by atoms with Crippen molar-refractivity contribution in [3.63, 3.8) is 0 Å². The summed E-state index contributed by atoms with van der Waals surface area (Å²) in [5.74, 6) is -0.610. The van der Waals surface area contributed by atoms with Crippen LogP contribution in [-0.4, -0.2) is 71.1 Å². The smallest absolute Gasteiger partial charge is 0.257 e. The zero-order valence-electron chi connectivity index (χ0n) is 16.3. The summed E-state index contributed by atoms with van der Waals surface area (Å²) in [6.45, 7) is 5.82. The number of thioether (sulfide) groups is 1. The summed E-state index contributed by atoms with van der Waals surface area (Å²) in [5, 5.41) is 1.95. The van der Waals surface area contributed by atoms with Crippen LogP contribution in [0.25, 0.3) is 0 Å². The summed E-state index contributed by atoms with van der Waals surface area (Å²) in [6.07, 6.45) is 4.14. The Morgan fingerprint density at radius 3 is 2.57 bits per heavy atom. The molecule has 0 aromatic rings. The maximum Gasteiger partial charge on any atom is 0.257 e. The number of likely N-dealkylation sites (tertiary alicyclic amines) is 1. The van der Waals surface area contributed by atoms with E-state index in [-0.39, 0.29) is 42.0 Å². The average molecular weight is 450 g/mol. The van der Waals surface area contributed by atoms with Crippen molar-refractivity contribution in [1.82, 2.24) is 14.5 Å². The van der Waals surface area contributed by atoms with Crippen LogP contribution >= 0.6 is 23.4 Å². The molecular weight excluding hydrogens is 422 g/mol. The standard InChI is InChI=1S/C18H28ClN3O4S2/c1-12(2)21-9-7-13(8-10-21)22-17(23)6-3-14(28(22,25)26)11-20-18(24)15-4-5-16(19)27-15/h4,12-14,16H,3,5-11H2,1-2H3,(H,20,24). The van der Waals surface area contributed by atoms with Crippen LogP contribution in [0.4, 0.5) is 0 Å². The molecule has 0 aromatic heterocycles. The number of nitrogens with one attached hydrogen (secondary N) is 1. The highest BCUT2D eigenvalue weighted by molar-refractivity contribution is 8.05.